The van der Waals surface area contributed by atoms with Gasteiger partial charge in [-0.3, -0.25) is 0 Å². The van der Waals surface area contributed by atoms with Gasteiger partial charge >= 0.3 is 11.9 Å². The summed E-state index contributed by atoms with van der Waals surface area (Å²) in [7, 11) is 3.19. The zero-order valence-corrected chi connectivity index (χ0v) is 26.4. The van der Waals surface area contributed by atoms with Crippen LogP contribution in [0.2, 0.25) is 0 Å². The summed E-state index contributed by atoms with van der Waals surface area (Å²) in [5.74, 6) is 0.284. The van der Waals surface area contributed by atoms with E-state index in [1.807, 2.05) is 107 Å². The Hall–Kier alpha value is -5.24. The van der Waals surface area contributed by atoms with Gasteiger partial charge in [-0.25, -0.2) is 9.59 Å². The molecule has 5 rings (SSSR count). The second-order valence-corrected chi connectivity index (χ2v) is 11.0. The molecular weight excluding hydrogens is 568 g/mol. The molecule has 1 aromatic heterocycles. The van der Waals surface area contributed by atoms with Crippen LogP contribution in [-0.2, 0) is 27.5 Å². The first-order valence-electron chi connectivity index (χ1n) is 14.8. The van der Waals surface area contributed by atoms with E-state index in [1.165, 1.54) is 0 Å². The molecule has 0 spiro atoms. The molecule has 3 aromatic carbocycles. The van der Waals surface area contributed by atoms with Gasteiger partial charge in [0.25, 0.3) is 0 Å². The molecular formula is C37H38N2O6. The second-order valence-electron chi connectivity index (χ2n) is 11.0. The van der Waals surface area contributed by atoms with Crippen LogP contribution in [0.3, 0.4) is 0 Å². The van der Waals surface area contributed by atoms with Crippen molar-refractivity contribution in [2.24, 2.45) is 0 Å². The molecule has 0 aliphatic carbocycles. The molecule has 1 aliphatic rings. The Kier molecular flexibility index (Phi) is 9.42. The Balaban J connectivity index is 1.59. The third-order valence-corrected chi connectivity index (χ3v) is 8.31. The zero-order valence-electron chi connectivity index (χ0n) is 26.4. The lowest BCUT2D eigenvalue weighted by Gasteiger charge is -2.20. The number of H-pyrrole nitrogens is 1. The minimum atomic E-state index is -0.703. The van der Waals surface area contributed by atoms with E-state index in [2.05, 4.69) is 10.3 Å². The van der Waals surface area contributed by atoms with Gasteiger partial charge < -0.3 is 29.2 Å². The summed E-state index contributed by atoms with van der Waals surface area (Å²) in [6, 6.07) is 24.0. The van der Waals surface area contributed by atoms with Crippen LogP contribution in [0.25, 0.3) is 5.57 Å². The molecule has 0 fully saturated rings. The van der Waals surface area contributed by atoms with Crippen molar-refractivity contribution in [3.8, 4) is 11.5 Å². The number of carbonyl (C=O) groups is 2. The van der Waals surface area contributed by atoms with Crippen LogP contribution in [0.4, 0.5) is 0 Å². The standard InChI is InChI=1S/C37H38N2O6/c1-22-24(3)34(36(40)44-20-26-14-9-7-10-15-26)38-32(22)31(30-28(42-5)18-13-19-29(30)43-6)33-23(2)25(4)35(39-33)37(41)45-21-27-16-11-8-12-17-27/h7-19,34,38-39H,20-21H2,1-6H3/b32-31-. The fourth-order valence-corrected chi connectivity index (χ4v) is 5.49. The number of allylic oxidation sites excluding steroid dienone is 1. The molecule has 45 heavy (non-hydrogen) atoms. The number of benzene rings is 3. The molecule has 4 aromatic rings. The zero-order chi connectivity index (χ0) is 32.1. The number of aromatic amines is 1. The number of hydrogen-bond donors (Lipinski definition) is 2. The SMILES string of the molecule is COc1cccc(OC)c1/C(=C1/NC(C(=O)OCc2ccccc2)C(C)=C1C)c1[nH]c(C(=O)OCc2ccccc2)c(C)c1C. The van der Waals surface area contributed by atoms with Crippen LogP contribution >= 0.6 is 0 Å². The first-order chi connectivity index (χ1) is 21.7. The van der Waals surface area contributed by atoms with Gasteiger partial charge in [-0.1, -0.05) is 66.7 Å². The summed E-state index contributed by atoms with van der Waals surface area (Å²) in [6.07, 6.45) is 0. The van der Waals surface area contributed by atoms with E-state index < -0.39 is 12.0 Å². The summed E-state index contributed by atoms with van der Waals surface area (Å²) >= 11 is 0. The van der Waals surface area contributed by atoms with Crippen LogP contribution in [0.5, 0.6) is 11.5 Å². The van der Waals surface area contributed by atoms with Crippen molar-refractivity contribution in [3.63, 3.8) is 0 Å². The Morgan fingerprint density at radius 2 is 1.22 bits per heavy atom. The van der Waals surface area contributed by atoms with E-state index in [0.717, 1.165) is 33.4 Å². The monoisotopic (exact) mass is 606 g/mol. The highest BCUT2D eigenvalue weighted by Gasteiger charge is 2.35. The lowest BCUT2D eigenvalue weighted by molar-refractivity contribution is -0.146. The molecule has 8 nitrogen and oxygen atoms in total. The summed E-state index contributed by atoms with van der Waals surface area (Å²) in [4.78, 5) is 30.1. The fourth-order valence-electron chi connectivity index (χ4n) is 5.49. The van der Waals surface area contributed by atoms with Gasteiger partial charge in [-0.15, -0.1) is 0 Å². The maximum atomic E-state index is 13.4. The van der Waals surface area contributed by atoms with Gasteiger partial charge in [-0.05, 0) is 73.2 Å². The number of esters is 2. The Labute approximate surface area is 263 Å². The number of rotatable bonds is 10. The number of nitrogens with one attached hydrogen (secondary N) is 2. The maximum Gasteiger partial charge on any atom is 0.355 e. The van der Waals surface area contributed by atoms with Crippen LogP contribution in [0, 0.1) is 13.8 Å². The van der Waals surface area contributed by atoms with E-state index in [1.54, 1.807) is 14.2 Å². The van der Waals surface area contributed by atoms with E-state index in [-0.39, 0.29) is 19.2 Å². The number of hydrogen-bond acceptors (Lipinski definition) is 7. The molecule has 1 aliphatic heterocycles. The summed E-state index contributed by atoms with van der Waals surface area (Å²) in [5.41, 5.74) is 8.20. The average molecular weight is 607 g/mol. The molecule has 0 saturated heterocycles. The number of aromatic nitrogens is 1. The number of methoxy groups -OCH3 is 2. The van der Waals surface area contributed by atoms with E-state index in [9.17, 15) is 9.59 Å². The third kappa shape index (κ3) is 6.36. The maximum absolute atomic E-state index is 13.4. The molecule has 0 amide bonds. The van der Waals surface area contributed by atoms with Crippen LogP contribution in [-0.4, -0.2) is 37.2 Å². The first kappa shape index (κ1) is 31.2. The van der Waals surface area contributed by atoms with Gasteiger partial charge in [0.2, 0.25) is 0 Å². The van der Waals surface area contributed by atoms with Gasteiger partial charge in [0, 0.05) is 11.3 Å². The Bertz CT molecular complexity index is 1750. The fraction of sp³-hybridized carbons (Fsp3) is 0.243. The lowest BCUT2D eigenvalue weighted by atomic mass is 9.93. The van der Waals surface area contributed by atoms with Crippen molar-refractivity contribution >= 4 is 17.5 Å². The molecule has 0 saturated carbocycles. The average Bonchev–Trinajstić information content (AvgIpc) is 3.53. The van der Waals surface area contributed by atoms with E-state index >= 15 is 0 Å². The van der Waals surface area contributed by atoms with E-state index in [0.29, 0.717) is 39.7 Å². The molecule has 1 atom stereocenters. The minimum Gasteiger partial charge on any atom is -0.496 e. The molecule has 2 heterocycles. The highest BCUT2D eigenvalue weighted by Crippen LogP contribution is 2.44. The highest BCUT2D eigenvalue weighted by molar-refractivity contribution is 5.96. The van der Waals surface area contributed by atoms with Crippen molar-refractivity contribution < 1.29 is 28.5 Å². The summed E-state index contributed by atoms with van der Waals surface area (Å²) in [5, 5.41) is 3.44. The van der Waals surface area contributed by atoms with Crippen molar-refractivity contribution in [3.05, 3.63) is 135 Å². The van der Waals surface area contributed by atoms with Crippen molar-refractivity contribution in [2.45, 2.75) is 47.0 Å². The van der Waals surface area contributed by atoms with E-state index in [4.69, 9.17) is 18.9 Å². The lowest BCUT2D eigenvalue weighted by Crippen LogP contribution is -2.34. The van der Waals surface area contributed by atoms with Gasteiger partial charge in [0.15, 0.2) is 0 Å². The van der Waals surface area contributed by atoms with Crippen LogP contribution in [0.15, 0.2) is 95.7 Å². The number of ether oxygens (including phenoxy) is 4. The molecule has 0 radical (unpaired) electrons. The smallest absolute Gasteiger partial charge is 0.355 e. The quantitative estimate of drug-likeness (QED) is 0.191. The molecule has 2 N–H and O–H groups in total. The normalized spacial score (nSPS) is 15.4. The van der Waals surface area contributed by atoms with Gasteiger partial charge in [0.05, 0.1) is 25.5 Å². The molecule has 232 valence electrons. The predicted molar refractivity (Wildman–Crippen MR) is 173 cm³/mol. The summed E-state index contributed by atoms with van der Waals surface area (Å²) in [6.45, 7) is 8.03. The Morgan fingerprint density at radius 1 is 0.689 bits per heavy atom. The third-order valence-electron chi connectivity index (χ3n) is 8.31. The highest BCUT2D eigenvalue weighted by atomic mass is 16.5. The molecule has 1 unspecified atom stereocenters. The van der Waals surface area contributed by atoms with Gasteiger partial charge in [0.1, 0.15) is 36.4 Å². The molecule has 8 heteroatoms. The van der Waals surface area contributed by atoms with Crippen molar-refractivity contribution in [1.29, 1.82) is 0 Å². The van der Waals surface area contributed by atoms with Gasteiger partial charge in [-0.2, -0.15) is 0 Å². The van der Waals surface area contributed by atoms with Crippen molar-refractivity contribution in [1.82, 2.24) is 10.3 Å². The van der Waals surface area contributed by atoms with Crippen molar-refractivity contribution in [2.75, 3.05) is 14.2 Å². The molecule has 0 bridgehead atoms. The summed E-state index contributed by atoms with van der Waals surface area (Å²) < 4.78 is 23.1. The Morgan fingerprint density at radius 3 is 1.78 bits per heavy atom. The second kappa shape index (κ2) is 13.6. The van der Waals surface area contributed by atoms with Crippen LogP contribution in [0.1, 0.15) is 57.8 Å². The van der Waals surface area contributed by atoms with Crippen LogP contribution < -0.4 is 14.8 Å². The first-order valence-corrected chi connectivity index (χ1v) is 14.8. The topological polar surface area (TPSA) is 98.9 Å². The predicted octanol–water partition coefficient (Wildman–Crippen LogP) is 6.82. The number of carbonyl (C=O) groups excluding carboxylic acids is 2. The largest absolute Gasteiger partial charge is 0.496 e. The minimum absolute atomic E-state index is 0.149.